The van der Waals surface area contributed by atoms with E-state index in [0.29, 0.717) is 23.0 Å². The molecule has 0 aliphatic heterocycles. The maximum Gasteiger partial charge on any atom is 0.257 e. The minimum Gasteiger partial charge on any atom is -0.298 e. The summed E-state index contributed by atoms with van der Waals surface area (Å²) < 4.78 is 27.5. The van der Waals surface area contributed by atoms with Crippen LogP contribution in [-0.4, -0.2) is 22.1 Å². The third kappa shape index (κ3) is 4.78. The number of carbonyl (C=O) groups excluding carboxylic acids is 1. The number of halogens is 2. The molecule has 1 N–H and O–H groups in total. The fraction of sp³-hybridized carbons (Fsp3) is 0.478. The van der Waals surface area contributed by atoms with Crippen molar-refractivity contribution in [3.8, 4) is 0 Å². The number of aromatic nitrogens is 1. The van der Waals surface area contributed by atoms with Crippen LogP contribution in [0.2, 0.25) is 0 Å². The lowest BCUT2D eigenvalue weighted by Gasteiger charge is -2.15. The molecule has 3 fully saturated rings. The highest BCUT2D eigenvalue weighted by Crippen LogP contribution is 2.49. The number of hydrogen-bond donors (Lipinski definition) is 1. The lowest BCUT2D eigenvalue weighted by molar-refractivity contribution is -0.111. The molecule has 0 bridgehead atoms. The molecule has 3 aliphatic carbocycles. The summed E-state index contributed by atoms with van der Waals surface area (Å²) in [6.45, 7) is 0. The van der Waals surface area contributed by atoms with Gasteiger partial charge in [-0.1, -0.05) is 12.1 Å². The van der Waals surface area contributed by atoms with Crippen molar-refractivity contribution in [3.63, 3.8) is 0 Å². The molecule has 1 heterocycles. The van der Waals surface area contributed by atoms with Crippen LogP contribution in [0.5, 0.6) is 0 Å². The maximum atomic E-state index is 13.8. The normalized spacial score (nSPS) is 23.5. The number of allylic oxidation sites excluding steroid dienone is 1. The quantitative estimate of drug-likeness (QED) is 0.479. The van der Waals surface area contributed by atoms with E-state index in [1.807, 2.05) is 17.8 Å². The van der Waals surface area contributed by atoms with Gasteiger partial charge in [0.05, 0.1) is 0 Å². The highest BCUT2D eigenvalue weighted by molar-refractivity contribution is 8.00. The van der Waals surface area contributed by atoms with Crippen LogP contribution >= 0.6 is 23.1 Å². The molecule has 1 atom stereocenters. The van der Waals surface area contributed by atoms with E-state index in [1.54, 1.807) is 17.7 Å². The highest BCUT2D eigenvalue weighted by atomic mass is 32.2. The van der Waals surface area contributed by atoms with Gasteiger partial charge in [-0.25, -0.2) is 13.8 Å². The van der Waals surface area contributed by atoms with Crippen molar-refractivity contribution in [2.24, 2.45) is 5.92 Å². The molecule has 0 radical (unpaired) electrons. The van der Waals surface area contributed by atoms with Crippen LogP contribution < -0.4 is 5.32 Å². The Morgan fingerprint density at radius 3 is 2.70 bits per heavy atom. The lowest BCUT2D eigenvalue weighted by atomic mass is 9.95. The third-order valence-corrected chi connectivity index (χ3v) is 8.02. The Labute approximate surface area is 183 Å². The average molecular weight is 447 g/mol. The maximum absolute atomic E-state index is 13.8. The van der Waals surface area contributed by atoms with Crippen LogP contribution in [0.4, 0.5) is 13.9 Å². The molecule has 1 amide bonds. The molecule has 158 valence electrons. The van der Waals surface area contributed by atoms with E-state index in [0.717, 1.165) is 10.8 Å². The van der Waals surface area contributed by atoms with Gasteiger partial charge >= 0.3 is 0 Å². The van der Waals surface area contributed by atoms with Crippen LogP contribution in [0.1, 0.15) is 62.0 Å². The molecule has 0 unspecified atom stereocenters. The Balaban J connectivity index is 1.47. The summed E-state index contributed by atoms with van der Waals surface area (Å²) in [5.41, 5.74) is 2.62. The molecular weight excluding hydrogens is 422 g/mol. The van der Waals surface area contributed by atoms with Crippen LogP contribution in [0.15, 0.2) is 40.7 Å². The van der Waals surface area contributed by atoms with Gasteiger partial charge < -0.3 is 0 Å². The number of rotatable bonds is 7. The van der Waals surface area contributed by atoms with E-state index >= 15 is 0 Å². The molecule has 2 aromatic rings. The summed E-state index contributed by atoms with van der Waals surface area (Å²) >= 11 is 3.29. The van der Waals surface area contributed by atoms with Crippen molar-refractivity contribution in [2.45, 2.75) is 66.9 Å². The number of anilines is 1. The fourth-order valence-corrected chi connectivity index (χ4v) is 5.78. The fourth-order valence-electron chi connectivity index (χ4n) is 4.02. The van der Waals surface area contributed by atoms with E-state index in [2.05, 4.69) is 22.4 Å². The standard InChI is InChI=1S/C23H24F2N2OS2/c24-23(25)8-7-14(13-23)11-19(21(28)27-22-26-9-10-29-22)16-3-6-20(30-17-4-5-17)18(12-16)15-1-2-15/h3,6,9-12,14-15,17H,1-2,4-5,7-8,13H2,(H,26,27,28)/b19-11+/t14-/m1/s1. The lowest BCUT2D eigenvalue weighted by Crippen LogP contribution is -2.15. The molecule has 30 heavy (non-hydrogen) atoms. The van der Waals surface area contributed by atoms with Crippen molar-refractivity contribution < 1.29 is 13.6 Å². The molecule has 7 heteroatoms. The molecule has 1 aromatic carbocycles. The Hall–Kier alpha value is -1.73. The molecule has 3 aliphatic rings. The summed E-state index contributed by atoms with van der Waals surface area (Å²) in [5, 5.41) is 5.88. The second-order valence-corrected chi connectivity index (χ2v) is 10.8. The number of thiazole rings is 1. The minimum absolute atomic E-state index is 0.111. The van der Waals surface area contributed by atoms with Crippen LogP contribution in [0, 0.1) is 5.92 Å². The summed E-state index contributed by atoms with van der Waals surface area (Å²) in [5.74, 6) is -2.64. The summed E-state index contributed by atoms with van der Waals surface area (Å²) in [6, 6.07) is 6.24. The van der Waals surface area contributed by atoms with E-state index < -0.39 is 5.92 Å². The van der Waals surface area contributed by atoms with Crippen molar-refractivity contribution in [2.75, 3.05) is 5.32 Å². The van der Waals surface area contributed by atoms with Crippen molar-refractivity contribution >= 4 is 39.7 Å². The number of thioether (sulfide) groups is 1. The van der Waals surface area contributed by atoms with Gasteiger partial charge in [-0.3, -0.25) is 10.1 Å². The summed E-state index contributed by atoms with van der Waals surface area (Å²) in [7, 11) is 0. The van der Waals surface area contributed by atoms with Crippen LogP contribution in [0.3, 0.4) is 0 Å². The monoisotopic (exact) mass is 446 g/mol. The molecular formula is C23H24F2N2OS2. The van der Waals surface area contributed by atoms with Gasteiger partial charge in [0.2, 0.25) is 5.92 Å². The average Bonchev–Trinajstić information content (AvgIpc) is 3.63. The topological polar surface area (TPSA) is 42.0 Å². The molecule has 5 rings (SSSR count). The third-order valence-electron chi connectivity index (χ3n) is 5.90. The van der Waals surface area contributed by atoms with E-state index in [4.69, 9.17) is 0 Å². The van der Waals surface area contributed by atoms with Crippen molar-refractivity contribution in [1.82, 2.24) is 4.98 Å². The Morgan fingerprint density at radius 1 is 1.23 bits per heavy atom. The predicted octanol–water partition coefficient (Wildman–Crippen LogP) is 6.73. The van der Waals surface area contributed by atoms with E-state index in [1.165, 1.54) is 47.5 Å². The first-order chi connectivity index (χ1) is 14.5. The number of benzene rings is 1. The van der Waals surface area contributed by atoms with Crippen LogP contribution in [-0.2, 0) is 4.79 Å². The van der Waals surface area contributed by atoms with Gasteiger partial charge in [0.25, 0.3) is 5.91 Å². The number of carbonyl (C=O) groups is 1. The zero-order chi connectivity index (χ0) is 20.7. The second-order valence-electron chi connectivity index (χ2n) is 8.57. The van der Waals surface area contributed by atoms with Gasteiger partial charge in [-0.15, -0.1) is 23.1 Å². The first-order valence-electron chi connectivity index (χ1n) is 10.6. The smallest absolute Gasteiger partial charge is 0.257 e. The zero-order valence-electron chi connectivity index (χ0n) is 16.6. The minimum atomic E-state index is -2.64. The van der Waals surface area contributed by atoms with Gasteiger partial charge in [0.1, 0.15) is 0 Å². The number of hydrogen-bond acceptors (Lipinski definition) is 4. The molecule has 0 spiro atoms. The zero-order valence-corrected chi connectivity index (χ0v) is 18.2. The van der Waals surface area contributed by atoms with Crippen LogP contribution in [0.25, 0.3) is 5.57 Å². The Kier molecular flexibility index (Phi) is 5.44. The number of nitrogens with one attached hydrogen (secondary N) is 1. The molecule has 1 aromatic heterocycles. The molecule has 0 saturated heterocycles. The van der Waals surface area contributed by atoms with Gasteiger partial charge in [0, 0.05) is 40.1 Å². The predicted molar refractivity (Wildman–Crippen MR) is 118 cm³/mol. The Morgan fingerprint density at radius 2 is 2.07 bits per heavy atom. The van der Waals surface area contributed by atoms with Gasteiger partial charge in [-0.05, 0) is 67.2 Å². The van der Waals surface area contributed by atoms with Gasteiger partial charge in [-0.2, -0.15) is 0 Å². The van der Waals surface area contributed by atoms with Gasteiger partial charge in [0.15, 0.2) is 5.13 Å². The van der Waals surface area contributed by atoms with E-state index in [-0.39, 0.29) is 24.7 Å². The Bertz CT molecular complexity index is 966. The summed E-state index contributed by atoms with van der Waals surface area (Å²) in [6.07, 6.45) is 8.42. The number of amides is 1. The van der Waals surface area contributed by atoms with Crippen molar-refractivity contribution in [3.05, 3.63) is 47.0 Å². The first-order valence-corrected chi connectivity index (χ1v) is 12.3. The molecule has 3 saturated carbocycles. The summed E-state index contributed by atoms with van der Waals surface area (Å²) in [4.78, 5) is 18.6. The number of nitrogens with zero attached hydrogens (tertiary/aromatic N) is 1. The van der Waals surface area contributed by atoms with Crippen molar-refractivity contribution in [1.29, 1.82) is 0 Å². The SMILES string of the molecule is O=C(Nc1nccs1)/C(=C/[C@H]1CCC(F)(F)C1)c1ccc(SC2CC2)c(C2CC2)c1. The molecule has 3 nitrogen and oxygen atoms in total. The first kappa shape index (κ1) is 20.2. The van der Waals surface area contributed by atoms with E-state index in [9.17, 15) is 13.6 Å². The number of alkyl halides is 2. The largest absolute Gasteiger partial charge is 0.298 e. The highest BCUT2D eigenvalue weighted by Gasteiger charge is 2.39. The second kappa shape index (κ2) is 8.08.